The number of amides is 2. The van der Waals surface area contributed by atoms with E-state index in [0.29, 0.717) is 29.9 Å². The second-order valence-electron chi connectivity index (χ2n) is 6.92. The molecule has 5 nitrogen and oxygen atoms in total. The molecule has 0 saturated carbocycles. The van der Waals surface area contributed by atoms with E-state index in [1.807, 2.05) is 74.3 Å². The number of carbonyl (C=O) groups is 2. The number of para-hydroxylation sites is 2. The van der Waals surface area contributed by atoms with E-state index in [4.69, 9.17) is 0 Å². The average molecular weight is 402 g/mol. The zero-order valence-electron chi connectivity index (χ0n) is 17.6. The van der Waals surface area contributed by atoms with Crippen LogP contribution in [0.3, 0.4) is 0 Å². The molecule has 0 heterocycles. The predicted octanol–water partition coefficient (Wildman–Crippen LogP) is 5.19. The van der Waals surface area contributed by atoms with Crippen molar-refractivity contribution in [3.05, 3.63) is 90.0 Å². The van der Waals surface area contributed by atoms with Crippen molar-refractivity contribution < 1.29 is 9.59 Å². The Kier molecular flexibility index (Phi) is 6.86. The second kappa shape index (κ2) is 9.74. The standard InChI is InChI=1S/C25H27N3O2/c1-4-28(5-2)25(30)19-12-11-13-20(18-19)26-24(29)22-16-9-10-17-23(22)27(3)21-14-7-6-8-15-21/h6-18H,4-5H2,1-3H3,(H,26,29). The van der Waals surface area contributed by atoms with Crippen LogP contribution in [0.15, 0.2) is 78.9 Å². The first-order chi connectivity index (χ1) is 14.5. The van der Waals surface area contributed by atoms with Gasteiger partial charge in [-0.25, -0.2) is 0 Å². The first-order valence-electron chi connectivity index (χ1n) is 10.1. The van der Waals surface area contributed by atoms with E-state index in [1.165, 1.54) is 0 Å². The largest absolute Gasteiger partial charge is 0.344 e. The Morgan fingerprint density at radius 2 is 1.50 bits per heavy atom. The molecule has 2 amide bonds. The number of nitrogens with one attached hydrogen (secondary N) is 1. The third-order valence-electron chi connectivity index (χ3n) is 5.07. The minimum absolute atomic E-state index is 0.0414. The number of anilines is 3. The Morgan fingerprint density at radius 3 is 2.20 bits per heavy atom. The highest BCUT2D eigenvalue weighted by molar-refractivity contribution is 6.09. The van der Waals surface area contributed by atoms with Gasteiger partial charge in [0.2, 0.25) is 0 Å². The summed E-state index contributed by atoms with van der Waals surface area (Å²) in [5.41, 5.74) is 3.51. The molecule has 0 atom stereocenters. The summed E-state index contributed by atoms with van der Waals surface area (Å²) in [4.78, 5) is 29.4. The van der Waals surface area contributed by atoms with Gasteiger partial charge < -0.3 is 15.1 Å². The van der Waals surface area contributed by atoms with Crippen LogP contribution in [-0.2, 0) is 0 Å². The molecule has 0 aliphatic carbocycles. The predicted molar refractivity (Wildman–Crippen MR) is 123 cm³/mol. The van der Waals surface area contributed by atoms with Crippen LogP contribution in [0, 0.1) is 0 Å². The summed E-state index contributed by atoms with van der Waals surface area (Å²) >= 11 is 0. The SMILES string of the molecule is CCN(CC)C(=O)c1cccc(NC(=O)c2ccccc2N(C)c2ccccc2)c1. The van der Waals surface area contributed by atoms with Gasteiger partial charge in [0, 0.05) is 37.1 Å². The third-order valence-corrected chi connectivity index (χ3v) is 5.07. The van der Waals surface area contributed by atoms with Crippen LogP contribution in [0.5, 0.6) is 0 Å². The van der Waals surface area contributed by atoms with Crippen LogP contribution in [0.4, 0.5) is 17.1 Å². The highest BCUT2D eigenvalue weighted by atomic mass is 16.2. The van der Waals surface area contributed by atoms with Crippen LogP contribution in [0.2, 0.25) is 0 Å². The second-order valence-corrected chi connectivity index (χ2v) is 6.92. The van der Waals surface area contributed by atoms with Gasteiger partial charge >= 0.3 is 0 Å². The Labute approximate surface area is 177 Å². The molecule has 0 bridgehead atoms. The molecule has 1 N–H and O–H groups in total. The fourth-order valence-corrected chi connectivity index (χ4v) is 3.37. The van der Waals surface area contributed by atoms with E-state index in [2.05, 4.69) is 5.32 Å². The van der Waals surface area contributed by atoms with Crippen molar-refractivity contribution in [2.45, 2.75) is 13.8 Å². The molecule has 0 fully saturated rings. The maximum atomic E-state index is 13.1. The van der Waals surface area contributed by atoms with Gasteiger partial charge in [-0.15, -0.1) is 0 Å². The number of nitrogens with zero attached hydrogens (tertiary/aromatic N) is 2. The number of benzene rings is 3. The maximum Gasteiger partial charge on any atom is 0.257 e. The van der Waals surface area contributed by atoms with Crippen LogP contribution in [0.25, 0.3) is 0 Å². The molecule has 0 radical (unpaired) electrons. The molecule has 0 aliphatic rings. The number of hydrogen-bond acceptors (Lipinski definition) is 3. The number of rotatable bonds is 7. The van der Waals surface area contributed by atoms with Crippen LogP contribution in [0.1, 0.15) is 34.6 Å². The topological polar surface area (TPSA) is 52.7 Å². The van der Waals surface area contributed by atoms with Gasteiger partial charge in [0.1, 0.15) is 0 Å². The molecule has 0 spiro atoms. The molecule has 0 unspecified atom stereocenters. The first kappa shape index (κ1) is 21.1. The Bertz CT molecular complexity index is 1010. The highest BCUT2D eigenvalue weighted by Gasteiger charge is 2.17. The van der Waals surface area contributed by atoms with Gasteiger partial charge in [0.05, 0.1) is 11.3 Å². The van der Waals surface area contributed by atoms with E-state index in [-0.39, 0.29) is 11.8 Å². The smallest absolute Gasteiger partial charge is 0.257 e. The summed E-state index contributed by atoms with van der Waals surface area (Å²) in [6, 6.07) is 24.4. The van der Waals surface area contributed by atoms with E-state index in [9.17, 15) is 9.59 Å². The normalized spacial score (nSPS) is 10.4. The van der Waals surface area contributed by atoms with Gasteiger partial charge in [0.15, 0.2) is 0 Å². The lowest BCUT2D eigenvalue weighted by molar-refractivity contribution is 0.0772. The van der Waals surface area contributed by atoms with Crippen LogP contribution < -0.4 is 10.2 Å². The molecule has 30 heavy (non-hydrogen) atoms. The Morgan fingerprint density at radius 1 is 0.833 bits per heavy atom. The van der Waals surface area contributed by atoms with Crippen LogP contribution in [-0.4, -0.2) is 36.9 Å². The lowest BCUT2D eigenvalue weighted by Gasteiger charge is -2.22. The summed E-state index contributed by atoms with van der Waals surface area (Å²) in [6.45, 7) is 5.19. The van der Waals surface area contributed by atoms with Crippen molar-refractivity contribution in [3.8, 4) is 0 Å². The zero-order valence-corrected chi connectivity index (χ0v) is 17.6. The summed E-state index contributed by atoms with van der Waals surface area (Å²) in [5.74, 6) is -0.263. The highest BCUT2D eigenvalue weighted by Crippen LogP contribution is 2.27. The molecule has 5 heteroatoms. The van der Waals surface area contributed by atoms with E-state index in [0.717, 1.165) is 11.4 Å². The van der Waals surface area contributed by atoms with Crippen LogP contribution >= 0.6 is 0 Å². The molecule has 3 aromatic rings. The molecule has 0 aliphatic heterocycles. The fourth-order valence-electron chi connectivity index (χ4n) is 3.37. The minimum atomic E-state index is -0.221. The van der Waals surface area contributed by atoms with Crippen molar-refractivity contribution in [2.24, 2.45) is 0 Å². The van der Waals surface area contributed by atoms with E-state index in [1.54, 1.807) is 35.2 Å². The Balaban J connectivity index is 1.84. The van der Waals surface area contributed by atoms with Crippen molar-refractivity contribution in [1.29, 1.82) is 0 Å². The lowest BCUT2D eigenvalue weighted by Crippen LogP contribution is -2.30. The molecular weight excluding hydrogens is 374 g/mol. The third kappa shape index (κ3) is 4.69. The van der Waals surface area contributed by atoms with Gasteiger partial charge in [0.25, 0.3) is 11.8 Å². The molecule has 3 rings (SSSR count). The summed E-state index contributed by atoms with van der Waals surface area (Å²) in [6.07, 6.45) is 0. The van der Waals surface area contributed by atoms with Crippen molar-refractivity contribution >= 4 is 28.9 Å². The van der Waals surface area contributed by atoms with Crippen molar-refractivity contribution in [3.63, 3.8) is 0 Å². The quantitative estimate of drug-likeness (QED) is 0.593. The van der Waals surface area contributed by atoms with E-state index < -0.39 is 0 Å². The molecule has 0 aromatic heterocycles. The number of hydrogen-bond donors (Lipinski definition) is 1. The fraction of sp³-hybridized carbons (Fsp3) is 0.200. The summed E-state index contributed by atoms with van der Waals surface area (Å²) in [5, 5.41) is 2.94. The molecule has 3 aromatic carbocycles. The maximum absolute atomic E-state index is 13.1. The molecule has 154 valence electrons. The molecule has 0 saturated heterocycles. The minimum Gasteiger partial charge on any atom is -0.344 e. The van der Waals surface area contributed by atoms with E-state index >= 15 is 0 Å². The molecular formula is C25H27N3O2. The summed E-state index contributed by atoms with van der Waals surface area (Å²) < 4.78 is 0. The van der Waals surface area contributed by atoms with Crippen molar-refractivity contribution in [2.75, 3.05) is 30.4 Å². The van der Waals surface area contributed by atoms with Gasteiger partial charge in [-0.3, -0.25) is 9.59 Å². The van der Waals surface area contributed by atoms with Gasteiger partial charge in [-0.2, -0.15) is 0 Å². The van der Waals surface area contributed by atoms with Gasteiger partial charge in [-0.05, 0) is 56.3 Å². The van der Waals surface area contributed by atoms with Gasteiger partial charge in [-0.1, -0.05) is 36.4 Å². The summed E-state index contributed by atoms with van der Waals surface area (Å²) in [7, 11) is 1.94. The first-order valence-corrected chi connectivity index (χ1v) is 10.1. The average Bonchev–Trinajstić information content (AvgIpc) is 2.80. The zero-order chi connectivity index (χ0) is 21.5. The van der Waals surface area contributed by atoms with Crippen molar-refractivity contribution in [1.82, 2.24) is 4.90 Å². The monoisotopic (exact) mass is 401 g/mol. The lowest BCUT2D eigenvalue weighted by atomic mass is 10.1. The Hall–Kier alpha value is -3.60. The number of carbonyl (C=O) groups excluding carboxylic acids is 2.